The van der Waals surface area contributed by atoms with Crippen molar-refractivity contribution < 1.29 is 17.9 Å². The number of alkyl carbamates (subject to hydrolysis) is 1. The minimum absolute atomic E-state index is 0.0571. The Bertz CT molecular complexity index is 704. The lowest BCUT2D eigenvalue weighted by Crippen LogP contribution is -2.33. The molecule has 1 aliphatic rings. The van der Waals surface area contributed by atoms with E-state index in [2.05, 4.69) is 10.0 Å². The van der Waals surface area contributed by atoms with Gasteiger partial charge in [-0.1, -0.05) is 25.0 Å². The van der Waals surface area contributed by atoms with Gasteiger partial charge in [0.15, 0.2) is 0 Å². The number of ether oxygens (including phenoxy) is 1. The van der Waals surface area contributed by atoms with E-state index in [9.17, 15) is 13.2 Å². The number of carbonyl (C=O) groups is 1. The molecule has 1 fully saturated rings. The van der Waals surface area contributed by atoms with Gasteiger partial charge in [-0.15, -0.1) is 0 Å². The van der Waals surface area contributed by atoms with Crippen LogP contribution < -0.4 is 10.0 Å². The summed E-state index contributed by atoms with van der Waals surface area (Å²) in [4.78, 5) is 11.9. The third kappa shape index (κ3) is 6.96. The molecule has 1 amide bonds. The third-order valence-electron chi connectivity index (χ3n) is 4.20. The molecule has 0 aliphatic heterocycles. The number of nitrogens with one attached hydrogen (secondary N) is 2. The zero-order valence-electron chi connectivity index (χ0n) is 15.9. The smallest absolute Gasteiger partial charge is 0.407 e. The molecular weight excluding hydrogens is 352 g/mol. The van der Waals surface area contributed by atoms with Crippen molar-refractivity contribution in [3.8, 4) is 0 Å². The topological polar surface area (TPSA) is 84.5 Å². The molecular formula is C19H30N2O4S. The lowest BCUT2D eigenvalue weighted by molar-refractivity contribution is 0.0527. The average molecular weight is 383 g/mol. The highest BCUT2D eigenvalue weighted by Gasteiger charge is 2.23. The first-order valence-electron chi connectivity index (χ1n) is 9.24. The Kier molecular flexibility index (Phi) is 7.06. The maximum Gasteiger partial charge on any atom is 0.407 e. The van der Waals surface area contributed by atoms with Crippen LogP contribution in [0.2, 0.25) is 0 Å². The van der Waals surface area contributed by atoms with E-state index in [4.69, 9.17) is 4.74 Å². The first-order valence-corrected chi connectivity index (χ1v) is 10.7. The van der Waals surface area contributed by atoms with Crippen molar-refractivity contribution in [2.24, 2.45) is 0 Å². The highest BCUT2D eigenvalue weighted by atomic mass is 32.2. The molecule has 7 heteroatoms. The lowest BCUT2D eigenvalue weighted by Gasteiger charge is -2.19. The van der Waals surface area contributed by atoms with Gasteiger partial charge in [0, 0.05) is 12.6 Å². The van der Waals surface area contributed by atoms with Gasteiger partial charge in [-0.3, -0.25) is 0 Å². The summed E-state index contributed by atoms with van der Waals surface area (Å²) < 4.78 is 33.0. The predicted molar refractivity (Wildman–Crippen MR) is 102 cm³/mol. The molecule has 2 rings (SSSR count). The van der Waals surface area contributed by atoms with Crippen molar-refractivity contribution in [1.29, 1.82) is 0 Å². The van der Waals surface area contributed by atoms with Gasteiger partial charge < -0.3 is 10.1 Å². The first kappa shape index (κ1) is 20.7. The molecule has 2 N–H and O–H groups in total. The standard InChI is InChI=1S/C19H30N2O4S/c1-19(2,3)25-18(22)20-13-7-9-15-8-6-12-17(14-15)26(23,24)21-16-10-4-5-11-16/h6,8,12,14,16,21H,4-5,7,9-11,13H2,1-3H3,(H,20,22). The highest BCUT2D eigenvalue weighted by Crippen LogP contribution is 2.21. The molecule has 0 spiro atoms. The van der Waals surface area contributed by atoms with Crippen molar-refractivity contribution in [3.05, 3.63) is 29.8 Å². The second kappa shape index (κ2) is 8.86. The van der Waals surface area contributed by atoms with E-state index < -0.39 is 21.7 Å². The fraction of sp³-hybridized carbons (Fsp3) is 0.632. The minimum atomic E-state index is -3.47. The minimum Gasteiger partial charge on any atom is -0.444 e. The van der Waals surface area contributed by atoms with E-state index in [0.29, 0.717) is 24.3 Å². The van der Waals surface area contributed by atoms with Crippen LogP contribution in [0.25, 0.3) is 0 Å². The number of sulfonamides is 1. The average Bonchev–Trinajstić information content (AvgIpc) is 3.02. The molecule has 1 aromatic carbocycles. The summed E-state index contributed by atoms with van der Waals surface area (Å²) in [5.41, 5.74) is 0.421. The molecule has 0 radical (unpaired) electrons. The fourth-order valence-electron chi connectivity index (χ4n) is 3.00. The number of carbonyl (C=O) groups excluding carboxylic acids is 1. The van der Waals surface area contributed by atoms with Crippen LogP contribution in [0.4, 0.5) is 4.79 Å². The van der Waals surface area contributed by atoms with Crippen LogP contribution in [-0.2, 0) is 21.2 Å². The number of amides is 1. The van der Waals surface area contributed by atoms with E-state index >= 15 is 0 Å². The van der Waals surface area contributed by atoms with Gasteiger partial charge >= 0.3 is 6.09 Å². The largest absolute Gasteiger partial charge is 0.444 e. The zero-order chi connectivity index (χ0) is 19.2. The highest BCUT2D eigenvalue weighted by molar-refractivity contribution is 7.89. The van der Waals surface area contributed by atoms with Crippen LogP contribution in [0.5, 0.6) is 0 Å². The van der Waals surface area contributed by atoms with Gasteiger partial charge in [-0.05, 0) is 64.2 Å². The molecule has 1 aromatic rings. The monoisotopic (exact) mass is 382 g/mol. The molecule has 1 aliphatic carbocycles. The maximum absolute atomic E-state index is 12.5. The molecule has 146 valence electrons. The summed E-state index contributed by atoms with van der Waals surface area (Å²) in [6, 6.07) is 7.06. The van der Waals surface area contributed by atoms with Gasteiger partial charge in [0.25, 0.3) is 0 Å². The van der Waals surface area contributed by atoms with E-state index in [-0.39, 0.29) is 6.04 Å². The van der Waals surface area contributed by atoms with Crippen molar-refractivity contribution in [2.45, 2.75) is 75.8 Å². The summed E-state index contributed by atoms with van der Waals surface area (Å²) >= 11 is 0. The Morgan fingerprint density at radius 1 is 1.23 bits per heavy atom. The number of aryl methyl sites for hydroxylation is 1. The van der Waals surface area contributed by atoms with Gasteiger partial charge in [0.05, 0.1) is 4.90 Å². The second-order valence-corrected chi connectivity index (χ2v) is 9.50. The quantitative estimate of drug-likeness (QED) is 0.708. The number of rotatable bonds is 7. The van der Waals surface area contributed by atoms with E-state index in [1.165, 1.54) is 0 Å². The Labute approximate surface area is 156 Å². The van der Waals surface area contributed by atoms with Gasteiger partial charge in [-0.2, -0.15) is 0 Å². The number of benzene rings is 1. The summed E-state index contributed by atoms with van der Waals surface area (Å²) in [6.45, 7) is 5.93. The molecule has 0 heterocycles. The molecule has 0 saturated heterocycles. The van der Waals surface area contributed by atoms with Crippen LogP contribution in [-0.4, -0.2) is 32.7 Å². The molecule has 0 atom stereocenters. The third-order valence-corrected chi connectivity index (χ3v) is 5.71. The van der Waals surface area contributed by atoms with Crippen molar-refractivity contribution in [2.75, 3.05) is 6.54 Å². The Morgan fingerprint density at radius 2 is 1.92 bits per heavy atom. The van der Waals surface area contributed by atoms with Crippen LogP contribution >= 0.6 is 0 Å². The van der Waals surface area contributed by atoms with Crippen molar-refractivity contribution in [1.82, 2.24) is 10.0 Å². The lowest BCUT2D eigenvalue weighted by atomic mass is 10.1. The predicted octanol–water partition coefficient (Wildman–Crippen LogP) is 3.36. The number of hydrogen-bond donors (Lipinski definition) is 2. The van der Waals surface area contributed by atoms with E-state index in [1.54, 1.807) is 18.2 Å². The van der Waals surface area contributed by atoms with Crippen LogP contribution in [0.3, 0.4) is 0 Å². The maximum atomic E-state index is 12.5. The second-order valence-electron chi connectivity index (χ2n) is 7.78. The number of hydrogen-bond acceptors (Lipinski definition) is 4. The normalized spacial score (nSPS) is 15.8. The van der Waals surface area contributed by atoms with E-state index in [0.717, 1.165) is 31.2 Å². The summed E-state index contributed by atoms with van der Waals surface area (Å²) in [7, 11) is -3.47. The molecule has 0 aromatic heterocycles. The zero-order valence-corrected chi connectivity index (χ0v) is 16.7. The molecule has 0 unspecified atom stereocenters. The summed E-state index contributed by atoms with van der Waals surface area (Å²) in [5, 5.41) is 2.71. The van der Waals surface area contributed by atoms with Gasteiger partial charge in [0.1, 0.15) is 5.60 Å². The van der Waals surface area contributed by atoms with Crippen molar-refractivity contribution >= 4 is 16.1 Å². The van der Waals surface area contributed by atoms with Gasteiger partial charge in [-0.25, -0.2) is 17.9 Å². The van der Waals surface area contributed by atoms with Gasteiger partial charge in [0.2, 0.25) is 10.0 Å². The molecule has 0 bridgehead atoms. The van der Waals surface area contributed by atoms with E-state index in [1.807, 2.05) is 26.8 Å². The Balaban J connectivity index is 1.84. The Morgan fingerprint density at radius 3 is 2.58 bits per heavy atom. The summed E-state index contributed by atoms with van der Waals surface area (Å²) in [6.07, 6.45) is 4.94. The first-order chi connectivity index (χ1) is 12.2. The SMILES string of the molecule is CC(C)(C)OC(=O)NCCCc1cccc(S(=O)(=O)NC2CCCC2)c1. The molecule has 6 nitrogen and oxygen atoms in total. The van der Waals surface area contributed by atoms with Crippen LogP contribution in [0, 0.1) is 0 Å². The van der Waals surface area contributed by atoms with Crippen molar-refractivity contribution in [3.63, 3.8) is 0 Å². The molecule has 26 heavy (non-hydrogen) atoms. The summed E-state index contributed by atoms with van der Waals surface area (Å²) in [5.74, 6) is 0. The fourth-order valence-corrected chi connectivity index (χ4v) is 4.37. The van der Waals surface area contributed by atoms with Crippen LogP contribution in [0.15, 0.2) is 29.2 Å². The molecule has 1 saturated carbocycles. The van der Waals surface area contributed by atoms with Crippen LogP contribution in [0.1, 0.15) is 58.4 Å². The Hall–Kier alpha value is -1.60.